The highest BCUT2D eigenvalue weighted by Gasteiger charge is 2.38. The quantitative estimate of drug-likeness (QED) is 0.898. The Morgan fingerprint density at radius 3 is 2.55 bits per heavy atom. The maximum Gasteiger partial charge on any atom is 0.471 e. The Bertz CT molecular complexity index is 703. The van der Waals surface area contributed by atoms with E-state index in [1.165, 1.54) is 12.1 Å². The van der Waals surface area contributed by atoms with Crippen molar-refractivity contribution in [2.45, 2.75) is 11.3 Å². The maximum absolute atomic E-state index is 12.3. The molecule has 5 nitrogen and oxygen atoms in total. The zero-order valence-electron chi connectivity index (χ0n) is 10.6. The smallest absolute Gasteiger partial charge is 0.321 e. The van der Waals surface area contributed by atoms with Crippen molar-refractivity contribution in [2.75, 3.05) is 5.32 Å². The lowest BCUT2D eigenvalue weighted by atomic mass is 10.3. The van der Waals surface area contributed by atoms with Gasteiger partial charge in [-0.25, -0.2) is 0 Å². The van der Waals surface area contributed by atoms with Gasteiger partial charge in [0, 0.05) is 10.7 Å². The van der Waals surface area contributed by atoms with Crippen LogP contribution in [-0.4, -0.2) is 25.2 Å². The van der Waals surface area contributed by atoms with Gasteiger partial charge in [-0.1, -0.05) is 16.1 Å². The molecule has 1 atom stereocenters. The highest BCUT2D eigenvalue weighted by atomic mass is 35.5. The fourth-order valence-electron chi connectivity index (χ4n) is 1.40. The van der Waals surface area contributed by atoms with Crippen molar-refractivity contribution < 1.29 is 22.2 Å². The second kappa shape index (κ2) is 6.71. The minimum absolute atomic E-state index is 0.118. The molecular weight excluding hydrogens is 363 g/mol. The highest BCUT2D eigenvalue weighted by Crippen LogP contribution is 2.25. The summed E-state index contributed by atoms with van der Waals surface area (Å²) in [5, 5.41) is 6.39. The molecule has 0 bridgehead atoms. The van der Waals surface area contributed by atoms with Gasteiger partial charge in [-0.2, -0.15) is 13.2 Å². The van der Waals surface area contributed by atoms with Crippen molar-refractivity contribution in [3.05, 3.63) is 39.9 Å². The van der Waals surface area contributed by atoms with Crippen LogP contribution in [0.2, 0.25) is 5.02 Å². The first-order chi connectivity index (χ1) is 10.3. The van der Waals surface area contributed by atoms with Crippen molar-refractivity contribution in [2.24, 2.45) is 0 Å². The first-order valence-corrected chi connectivity index (χ1v) is 8.08. The number of carbonyl (C=O) groups excluding carboxylic acids is 1. The summed E-state index contributed by atoms with van der Waals surface area (Å²) in [4.78, 5) is 11.9. The van der Waals surface area contributed by atoms with Crippen LogP contribution in [0.15, 0.2) is 24.3 Å². The van der Waals surface area contributed by atoms with Crippen LogP contribution in [-0.2, 0) is 16.6 Å². The average Bonchev–Trinajstić information content (AvgIpc) is 2.88. The number of halogens is 4. The van der Waals surface area contributed by atoms with Crippen molar-refractivity contribution in [1.29, 1.82) is 0 Å². The number of nitrogens with zero attached hydrogens (tertiary/aromatic N) is 2. The summed E-state index contributed by atoms with van der Waals surface area (Å²) in [5.74, 6) is -1.59. The molecule has 2 aromatic rings. The molecule has 0 aliphatic rings. The number of benzene rings is 1. The van der Waals surface area contributed by atoms with E-state index >= 15 is 0 Å². The van der Waals surface area contributed by atoms with Gasteiger partial charge in [-0.3, -0.25) is 9.00 Å². The van der Waals surface area contributed by atoms with Crippen LogP contribution in [0.4, 0.5) is 18.9 Å². The minimum Gasteiger partial charge on any atom is -0.321 e. The minimum atomic E-state index is -4.87. The second-order valence-corrected chi connectivity index (χ2v) is 6.58. The Morgan fingerprint density at radius 1 is 1.32 bits per heavy atom. The Labute approximate surface area is 134 Å². The summed E-state index contributed by atoms with van der Waals surface area (Å²) in [6.45, 7) is 0. The highest BCUT2D eigenvalue weighted by molar-refractivity contribution is 7.85. The van der Waals surface area contributed by atoms with Gasteiger partial charge < -0.3 is 5.32 Å². The Hall–Kier alpha value is -1.52. The van der Waals surface area contributed by atoms with E-state index in [1.807, 2.05) is 0 Å². The summed E-state index contributed by atoms with van der Waals surface area (Å²) in [7, 11) is -3.14. The first kappa shape index (κ1) is 16.8. The molecule has 1 aromatic heterocycles. The van der Waals surface area contributed by atoms with Crippen LogP contribution in [0.1, 0.15) is 15.4 Å². The van der Waals surface area contributed by atoms with Crippen molar-refractivity contribution in [3.63, 3.8) is 0 Å². The number of hydrogen-bond acceptors (Lipinski definition) is 5. The lowest BCUT2D eigenvalue weighted by Crippen LogP contribution is -2.20. The Kier molecular flexibility index (Phi) is 5.14. The van der Waals surface area contributed by atoms with Crippen LogP contribution >= 0.6 is 23.1 Å². The molecule has 22 heavy (non-hydrogen) atoms. The van der Waals surface area contributed by atoms with E-state index < -0.39 is 28.0 Å². The van der Waals surface area contributed by atoms with Gasteiger partial charge >= 0.3 is 5.51 Å². The molecule has 1 heterocycles. The number of alkyl halides is 3. The van der Waals surface area contributed by atoms with Gasteiger partial charge in [0.25, 0.3) is 5.91 Å². The van der Waals surface area contributed by atoms with Crippen LogP contribution in [0.3, 0.4) is 0 Å². The number of hydrogen-bond donors (Lipinski definition) is 1. The van der Waals surface area contributed by atoms with Crippen LogP contribution in [0, 0.1) is 0 Å². The summed E-state index contributed by atoms with van der Waals surface area (Å²) in [6, 6.07) is 6.15. The average molecular weight is 370 g/mol. The maximum atomic E-state index is 12.3. The molecule has 11 heteroatoms. The molecule has 0 saturated heterocycles. The molecule has 118 valence electrons. The summed E-state index contributed by atoms with van der Waals surface area (Å²) in [5.41, 5.74) is -4.72. The van der Waals surface area contributed by atoms with Gasteiger partial charge in [-0.05, 0) is 35.8 Å². The zero-order chi connectivity index (χ0) is 16.3. The fraction of sp³-hybridized carbons (Fsp3) is 0.182. The molecule has 1 aromatic carbocycles. The Morgan fingerprint density at radius 2 is 1.95 bits per heavy atom. The molecule has 1 unspecified atom stereocenters. The van der Waals surface area contributed by atoms with Crippen molar-refractivity contribution >= 4 is 45.5 Å². The van der Waals surface area contributed by atoms with Crippen molar-refractivity contribution in [1.82, 2.24) is 9.59 Å². The lowest BCUT2D eigenvalue weighted by molar-refractivity contribution is -0.0386. The molecule has 0 spiro atoms. The largest absolute Gasteiger partial charge is 0.471 e. The number of nitrogens with one attached hydrogen (secondary N) is 1. The van der Waals surface area contributed by atoms with E-state index in [9.17, 15) is 22.2 Å². The van der Waals surface area contributed by atoms with Crippen LogP contribution < -0.4 is 5.32 Å². The summed E-state index contributed by atoms with van der Waals surface area (Å²) >= 11 is 6.33. The van der Waals surface area contributed by atoms with E-state index in [1.54, 1.807) is 12.1 Å². The SMILES string of the molecule is O=C(Nc1ccc(Cl)cc1)c1snnc1CS(=O)C(F)(F)F. The third kappa shape index (κ3) is 4.24. The predicted octanol–water partition coefficient (Wildman–Crippen LogP) is 3.21. The predicted molar refractivity (Wildman–Crippen MR) is 77.2 cm³/mol. The standard InChI is InChI=1S/C11H7ClF3N3O2S2/c12-6-1-3-7(4-2-6)16-10(19)9-8(17-18-21-9)5-22(20)11(13,14)15/h1-4H,5H2,(H,16,19). The fourth-order valence-corrected chi connectivity index (χ4v) is 2.81. The molecule has 1 amide bonds. The normalized spacial score (nSPS) is 12.9. The molecule has 0 saturated carbocycles. The number of anilines is 1. The Balaban J connectivity index is 2.13. The first-order valence-electron chi connectivity index (χ1n) is 5.60. The van der Waals surface area contributed by atoms with E-state index in [4.69, 9.17) is 11.6 Å². The summed E-state index contributed by atoms with van der Waals surface area (Å²) in [6.07, 6.45) is 0. The van der Waals surface area contributed by atoms with Gasteiger partial charge in [0.1, 0.15) is 21.4 Å². The molecule has 0 aliphatic heterocycles. The van der Waals surface area contributed by atoms with Crippen LogP contribution in [0.5, 0.6) is 0 Å². The second-order valence-electron chi connectivity index (χ2n) is 3.95. The zero-order valence-corrected chi connectivity index (χ0v) is 12.9. The molecule has 0 aliphatic carbocycles. The van der Waals surface area contributed by atoms with Gasteiger partial charge in [0.05, 0.1) is 5.75 Å². The van der Waals surface area contributed by atoms with E-state index in [2.05, 4.69) is 14.9 Å². The van der Waals surface area contributed by atoms with Gasteiger partial charge in [0.2, 0.25) is 0 Å². The monoisotopic (exact) mass is 369 g/mol. The van der Waals surface area contributed by atoms with Crippen LogP contribution in [0.25, 0.3) is 0 Å². The number of amides is 1. The molecule has 0 radical (unpaired) electrons. The summed E-state index contributed by atoms with van der Waals surface area (Å²) < 4.78 is 51.4. The molecular formula is C11H7ClF3N3O2S2. The molecule has 0 fully saturated rings. The molecule has 1 N–H and O–H groups in total. The van der Waals surface area contributed by atoms with E-state index in [-0.39, 0.29) is 10.6 Å². The number of carbonyl (C=O) groups is 1. The number of aromatic nitrogens is 2. The third-order valence-corrected chi connectivity index (χ3v) is 4.46. The lowest BCUT2D eigenvalue weighted by Gasteiger charge is -2.06. The third-order valence-electron chi connectivity index (χ3n) is 2.39. The number of rotatable bonds is 4. The molecule has 2 rings (SSSR count). The van der Waals surface area contributed by atoms with E-state index in [0.29, 0.717) is 22.2 Å². The van der Waals surface area contributed by atoms with Gasteiger partial charge in [-0.15, -0.1) is 5.10 Å². The van der Waals surface area contributed by atoms with Gasteiger partial charge in [0.15, 0.2) is 0 Å². The van der Waals surface area contributed by atoms with E-state index in [0.717, 1.165) is 0 Å². The topological polar surface area (TPSA) is 72.0 Å². The van der Waals surface area contributed by atoms with Crippen molar-refractivity contribution in [3.8, 4) is 0 Å².